The van der Waals surface area contributed by atoms with Crippen molar-refractivity contribution in [3.05, 3.63) is 29.3 Å². The number of nitrogens with zero attached hydrogens (tertiary/aromatic N) is 1. The minimum absolute atomic E-state index is 0.0454. The Kier molecular flexibility index (Phi) is 3.90. The number of hydrogen-bond acceptors (Lipinski definition) is 3. The van der Waals surface area contributed by atoms with Crippen molar-refractivity contribution in [1.82, 2.24) is 4.90 Å². The lowest BCUT2D eigenvalue weighted by atomic mass is 10.1. The van der Waals surface area contributed by atoms with Gasteiger partial charge in [-0.15, -0.1) is 0 Å². The summed E-state index contributed by atoms with van der Waals surface area (Å²) >= 11 is 0. The number of anilines is 1. The molecule has 1 amide bonds. The lowest BCUT2D eigenvalue weighted by Gasteiger charge is -2.23. The number of aliphatic hydroxyl groups excluding tert-OH is 1. The van der Waals surface area contributed by atoms with Crippen molar-refractivity contribution in [2.75, 3.05) is 19.4 Å². The maximum absolute atomic E-state index is 12.0. The van der Waals surface area contributed by atoms with Crippen molar-refractivity contribution in [3.63, 3.8) is 0 Å². The highest BCUT2D eigenvalue weighted by Crippen LogP contribution is 2.14. The third-order valence-corrected chi connectivity index (χ3v) is 2.76. The summed E-state index contributed by atoms with van der Waals surface area (Å²) in [6.07, 6.45) is 0. The zero-order chi connectivity index (χ0) is 12.3. The van der Waals surface area contributed by atoms with Crippen molar-refractivity contribution >= 4 is 11.6 Å². The normalized spacial score (nSPS) is 12.2. The number of carbonyl (C=O) groups excluding carboxylic acids is 1. The minimum Gasteiger partial charge on any atom is -0.399 e. The molecule has 1 unspecified atom stereocenters. The van der Waals surface area contributed by atoms with Crippen LogP contribution in [0.1, 0.15) is 22.8 Å². The molecule has 0 saturated carbocycles. The molecule has 0 heterocycles. The van der Waals surface area contributed by atoms with E-state index in [0.717, 1.165) is 5.56 Å². The van der Waals surface area contributed by atoms with Gasteiger partial charge in [0.05, 0.1) is 12.6 Å². The van der Waals surface area contributed by atoms with Gasteiger partial charge in [-0.25, -0.2) is 0 Å². The molecule has 4 nitrogen and oxygen atoms in total. The maximum atomic E-state index is 12.0. The monoisotopic (exact) mass is 222 g/mol. The molecule has 4 heteroatoms. The van der Waals surface area contributed by atoms with E-state index >= 15 is 0 Å². The zero-order valence-electron chi connectivity index (χ0n) is 9.90. The van der Waals surface area contributed by atoms with Crippen LogP contribution >= 0.6 is 0 Å². The lowest BCUT2D eigenvalue weighted by molar-refractivity contribution is 0.0682. The summed E-state index contributed by atoms with van der Waals surface area (Å²) in [5, 5.41) is 8.99. The predicted molar refractivity (Wildman–Crippen MR) is 64.2 cm³/mol. The van der Waals surface area contributed by atoms with Gasteiger partial charge in [-0.3, -0.25) is 4.79 Å². The first-order valence-electron chi connectivity index (χ1n) is 5.21. The molecule has 0 radical (unpaired) electrons. The Morgan fingerprint density at radius 1 is 1.56 bits per heavy atom. The molecule has 1 atom stereocenters. The largest absolute Gasteiger partial charge is 0.399 e. The molecule has 0 bridgehead atoms. The highest BCUT2D eigenvalue weighted by molar-refractivity contribution is 5.94. The number of rotatable bonds is 3. The van der Waals surface area contributed by atoms with Crippen molar-refractivity contribution in [2.24, 2.45) is 0 Å². The molecule has 0 aliphatic carbocycles. The third kappa shape index (κ3) is 2.52. The Hall–Kier alpha value is -1.55. The average molecular weight is 222 g/mol. The second-order valence-corrected chi connectivity index (χ2v) is 4.02. The van der Waals surface area contributed by atoms with Gasteiger partial charge in [0.1, 0.15) is 0 Å². The summed E-state index contributed by atoms with van der Waals surface area (Å²) in [4.78, 5) is 13.5. The molecule has 1 aromatic carbocycles. The second-order valence-electron chi connectivity index (χ2n) is 4.02. The van der Waals surface area contributed by atoms with E-state index in [1.165, 1.54) is 4.90 Å². The Bertz CT molecular complexity index is 391. The Balaban J connectivity index is 2.92. The van der Waals surface area contributed by atoms with Crippen molar-refractivity contribution < 1.29 is 9.90 Å². The van der Waals surface area contributed by atoms with Gasteiger partial charge in [0.15, 0.2) is 0 Å². The molecule has 16 heavy (non-hydrogen) atoms. The fourth-order valence-electron chi connectivity index (χ4n) is 1.34. The van der Waals surface area contributed by atoms with Crippen LogP contribution in [-0.2, 0) is 0 Å². The number of likely N-dealkylation sites (N-methyl/N-ethyl adjacent to an activating group) is 1. The molecule has 0 aliphatic rings. The molecular weight excluding hydrogens is 204 g/mol. The summed E-state index contributed by atoms with van der Waals surface area (Å²) in [5.74, 6) is -0.107. The summed E-state index contributed by atoms with van der Waals surface area (Å²) < 4.78 is 0. The van der Waals surface area contributed by atoms with Crippen molar-refractivity contribution in [2.45, 2.75) is 19.9 Å². The van der Waals surface area contributed by atoms with Crippen LogP contribution in [-0.4, -0.2) is 35.6 Å². The average Bonchev–Trinajstić information content (AvgIpc) is 2.29. The molecule has 0 aromatic heterocycles. The van der Waals surface area contributed by atoms with Gasteiger partial charge in [0.25, 0.3) is 5.91 Å². The Morgan fingerprint density at radius 2 is 2.19 bits per heavy atom. The smallest absolute Gasteiger partial charge is 0.253 e. The molecular formula is C12H18N2O2. The van der Waals surface area contributed by atoms with Gasteiger partial charge < -0.3 is 15.7 Å². The van der Waals surface area contributed by atoms with Gasteiger partial charge in [0, 0.05) is 18.3 Å². The fourth-order valence-corrected chi connectivity index (χ4v) is 1.34. The van der Waals surface area contributed by atoms with Gasteiger partial charge in [-0.05, 0) is 37.6 Å². The van der Waals surface area contributed by atoms with E-state index in [0.29, 0.717) is 11.3 Å². The first-order chi connectivity index (χ1) is 7.47. The van der Waals surface area contributed by atoms with E-state index in [-0.39, 0.29) is 18.6 Å². The van der Waals surface area contributed by atoms with Crippen LogP contribution in [0.4, 0.5) is 5.69 Å². The molecule has 0 aliphatic heterocycles. The van der Waals surface area contributed by atoms with Crippen LogP contribution in [0.3, 0.4) is 0 Å². The molecule has 0 fully saturated rings. The molecule has 0 spiro atoms. The number of aryl methyl sites for hydroxylation is 1. The number of nitrogen functional groups attached to an aromatic ring is 1. The fraction of sp³-hybridized carbons (Fsp3) is 0.417. The highest BCUT2D eigenvalue weighted by Gasteiger charge is 2.16. The minimum atomic E-state index is -0.189. The summed E-state index contributed by atoms with van der Waals surface area (Å²) in [6, 6.07) is 4.99. The van der Waals surface area contributed by atoms with E-state index in [2.05, 4.69) is 0 Å². The SMILES string of the molecule is Cc1cc(C(=O)N(C)C(C)CO)ccc1N. The quantitative estimate of drug-likeness (QED) is 0.751. The number of carbonyl (C=O) groups is 1. The van der Waals surface area contributed by atoms with E-state index in [1.807, 2.05) is 6.92 Å². The lowest BCUT2D eigenvalue weighted by Crippen LogP contribution is -2.37. The summed E-state index contributed by atoms with van der Waals surface area (Å²) in [5.41, 5.74) is 7.84. The van der Waals surface area contributed by atoms with Crippen LogP contribution in [0.5, 0.6) is 0 Å². The van der Waals surface area contributed by atoms with Gasteiger partial charge in [-0.2, -0.15) is 0 Å². The molecule has 1 aromatic rings. The number of hydrogen-bond donors (Lipinski definition) is 2. The number of nitrogens with two attached hydrogens (primary N) is 1. The number of aliphatic hydroxyl groups is 1. The third-order valence-electron chi connectivity index (χ3n) is 2.76. The van der Waals surface area contributed by atoms with Crippen LogP contribution in [0, 0.1) is 6.92 Å². The van der Waals surface area contributed by atoms with Crippen LogP contribution in [0.2, 0.25) is 0 Å². The standard InChI is InChI=1S/C12H18N2O2/c1-8-6-10(4-5-11(8)13)12(16)14(3)9(2)7-15/h4-6,9,15H,7,13H2,1-3H3. The number of benzene rings is 1. The molecule has 1 rings (SSSR count). The first-order valence-corrected chi connectivity index (χ1v) is 5.21. The van der Waals surface area contributed by atoms with E-state index in [4.69, 9.17) is 10.8 Å². The van der Waals surface area contributed by atoms with Crippen molar-refractivity contribution in [1.29, 1.82) is 0 Å². The highest BCUT2D eigenvalue weighted by atomic mass is 16.3. The van der Waals surface area contributed by atoms with Gasteiger partial charge in [-0.1, -0.05) is 0 Å². The topological polar surface area (TPSA) is 66.6 Å². The van der Waals surface area contributed by atoms with Gasteiger partial charge in [0.2, 0.25) is 0 Å². The van der Waals surface area contributed by atoms with E-state index in [1.54, 1.807) is 32.2 Å². The number of amides is 1. The molecule has 0 saturated heterocycles. The van der Waals surface area contributed by atoms with E-state index in [9.17, 15) is 4.79 Å². The Labute approximate surface area is 95.7 Å². The van der Waals surface area contributed by atoms with Crippen molar-refractivity contribution in [3.8, 4) is 0 Å². The summed E-state index contributed by atoms with van der Waals surface area (Å²) in [7, 11) is 1.68. The predicted octanol–water partition coefficient (Wildman–Crippen LogP) is 1.03. The van der Waals surface area contributed by atoms with Gasteiger partial charge >= 0.3 is 0 Å². The second kappa shape index (κ2) is 4.99. The van der Waals surface area contributed by atoms with Crippen LogP contribution in [0.15, 0.2) is 18.2 Å². The first kappa shape index (κ1) is 12.5. The molecule has 88 valence electrons. The maximum Gasteiger partial charge on any atom is 0.253 e. The van der Waals surface area contributed by atoms with Crippen LogP contribution in [0.25, 0.3) is 0 Å². The molecule has 3 N–H and O–H groups in total. The summed E-state index contributed by atoms with van der Waals surface area (Å²) in [6.45, 7) is 3.61. The van der Waals surface area contributed by atoms with E-state index < -0.39 is 0 Å². The zero-order valence-corrected chi connectivity index (χ0v) is 9.90. The Morgan fingerprint density at radius 3 is 2.69 bits per heavy atom. The van der Waals surface area contributed by atoms with Crippen LogP contribution < -0.4 is 5.73 Å².